The molecule has 0 amide bonds. The number of hydrogen-bond acceptors (Lipinski definition) is 4. The summed E-state index contributed by atoms with van der Waals surface area (Å²) in [6.45, 7) is 6.65. The van der Waals surface area contributed by atoms with Gasteiger partial charge in [-0.1, -0.05) is 0 Å². The fraction of sp³-hybridized carbons (Fsp3) is 0.533. The zero-order valence-corrected chi connectivity index (χ0v) is 13.1. The van der Waals surface area contributed by atoms with Crippen LogP contribution in [0.1, 0.15) is 24.2 Å². The van der Waals surface area contributed by atoms with E-state index in [1.165, 1.54) is 12.1 Å². The molecular weight excluding hydrogens is 290 g/mol. The van der Waals surface area contributed by atoms with Crippen molar-refractivity contribution in [2.45, 2.75) is 30.9 Å². The van der Waals surface area contributed by atoms with E-state index in [4.69, 9.17) is 9.84 Å². The highest BCUT2D eigenvalue weighted by Crippen LogP contribution is 2.14. The smallest absolute Gasteiger partial charge is 0.335 e. The summed E-state index contributed by atoms with van der Waals surface area (Å²) in [5.41, 5.74) is 0.204. The lowest BCUT2D eigenvalue weighted by Crippen LogP contribution is -2.47. The highest BCUT2D eigenvalue weighted by Gasteiger charge is 2.24. The van der Waals surface area contributed by atoms with Crippen molar-refractivity contribution < 1.29 is 18.8 Å². The first-order chi connectivity index (χ1) is 9.97. The first-order valence-electron chi connectivity index (χ1n) is 7.04. The number of morpholine rings is 1. The summed E-state index contributed by atoms with van der Waals surface area (Å²) >= 11 is 0. The van der Waals surface area contributed by atoms with Gasteiger partial charge in [-0.2, -0.15) is 0 Å². The predicted octanol–water partition coefficient (Wildman–Crippen LogP) is 1.60. The van der Waals surface area contributed by atoms with Crippen LogP contribution in [-0.4, -0.2) is 57.8 Å². The van der Waals surface area contributed by atoms with Gasteiger partial charge in [-0.25, -0.2) is 4.79 Å². The van der Waals surface area contributed by atoms with E-state index in [0.717, 1.165) is 13.1 Å². The second-order valence-electron chi connectivity index (χ2n) is 5.42. The van der Waals surface area contributed by atoms with Gasteiger partial charge in [0.2, 0.25) is 0 Å². The lowest BCUT2D eigenvalue weighted by atomic mass is 10.2. The maximum absolute atomic E-state index is 12.3. The molecule has 1 aliphatic heterocycles. The number of aromatic carboxylic acids is 1. The Morgan fingerprint density at radius 1 is 1.43 bits per heavy atom. The van der Waals surface area contributed by atoms with Crippen LogP contribution in [0.2, 0.25) is 0 Å². The van der Waals surface area contributed by atoms with Crippen LogP contribution >= 0.6 is 0 Å². The number of hydrogen-bond donors (Lipinski definition) is 1. The molecule has 1 fully saturated rings. The summed E-state index contributed by atoms with van der Waals surface area (Å²) in [5, 5.41) is 8.86. The maximum atomic E-state index is 12.3. The van der Waals surface area contributed by atoms with Crippen molar-refractivity contribution in [1.82, 2.24) is 4.90 Å². The third kappa shape index (κ3) is 4.36. The molecule has 2 unspecified atom stereocenters. The predicted molar refractivity (Wildman–Crippen MR) is 81.1 cm³/mol. The van der Waals surface area contributed by atoms with Gasteiger partial charge < -0.3 is 9.84 Å². The van der Waals surface area contributed by atoms with Gasteiger partial charge in [0.1, 0.15) is 0 Å². The quantitative estimate of drug-likeness (QED) is 0.895. The van der Waals surface area contributed by atoms with E-state index in [1.807, 2.05) is 0 Å². The molecule has 0 radical (unpaired) electrons. The zero-order valence-electron chi connectivity index (χ0n) is 12.3. The van der Waals surface area contributed by atoms with Crippen molar-refractivity contribution in [3.8, 4) is 0 Å². The van der Waals surface area contributed by atoms with Gasteiger partial charge in [0.25, 0.3) is 0 Å². The number of benzene rings is 1. The van der Waals surface area contributed by atoms with Crippen LogP contribution < -0.4 is 0 Å². The Morgan fingerprint density at radius 2 is 2.10 bits per heavy atom. The minimum atomic E-state index is -1.18. The van der Waals surface area contributed by atoms with E-state index in [0.29, 0.717) is 23.3 Å². The highest BCUT2D eigenvalue weighted by molar-refractivity contribution is 7.85. The average Bonchev–Trinajstić information content (AvgIpc) is 2.47. The Kier molecular flexibility index (Phi) is 5.50. The largest absolute Gasteiger partial charge is 0.478 e. The van der Waals surface area contributed by atoms with Crippen molar-refractivity contribution in [2.24, 2.45) is 0 Å². The summed E-state index contributed by atoms with van der Waals surface area (Å²) in [4.78, 5) is 13.8. The Balaban J connectivity index is 1.96. The van der Waals surface area contributed by atoms with Gasteiger partial charge >= 0.3 is 5.97 Å². The molecule has 2 atom stereocenters. The fourth-order valence-electron chi connectivity index (χ4n) is 2.33. The van der Waals surface area contributed by atoms with Crippen LogP contribution in [0.25, 0.3) is 0 Å². The van der Waals surface area contributed by atoms with Crippen LogP contribution in [0, 0.1) is 0 Å². The maximum Gasteiger partial charge on any atom is 0.335 e. The topological polar surface area (TPSA) is 66.8 Å². The third-order valence-corrected chi connectivity index (χ3v) is 5.07. The van der Waals surface area contributed by atoms with Crippen LogP contribution in [-0.2, 0) is 15.5 Å². The SMILES string of the molecule is CC(C)N1CCOC(CS(=O)c2ccc(C(=O)O)cc2)C1. The third-order valence-electron chi connectivity index (χ3n) is 3.60. The minimum Gasteiger partial charge on any atom is -0.478 e. The number of carboxylic acid groups (broad SMARTS) is 1. The molecule has 1 aromatic rings. The second-order valence-corrected chi connectivity index (χ2v) is 6.92. The Hall–Kier alpha value is -1.24. The monoisotopic (exact) mass is 311 g/mol. The minimum absolute atomic E-state index is 0.0406. The molecule has 1 heterocycles. The highest BCUT2D eigenvalue weighted by atomic mass is 32.2. The van der Waals surface area contributed by atoms with Crippen molar-refractivity contribution in [3.05, 3.63) is 29.8 Å². The standard InChI is InChI=1S/C15H21NO4S/c1-11(2)16-7-8-20-13(9-16)10-21(19)14-5-3-12(4-6-14)15(17)18/h3-6,11,13H,7-10H2,1-2H3,(H,17,18). The van der Waals surface area contributed by atoms with Gasteiger partial charge in [-0.05, 0) is 38.1 Å². The summed E-state index contributed by atoms with van der Waals surface area (Å²) < 4.78 is 18.0. The van der Waals surface area contributed by atoms with Crippen LogP contribution in [0.15, 0.2) is 29.2 Å². The first-order valence-corrected chi connectivity index (χ1v) is 8.36. The molecule has 5 nitrogen and oxygen atoms in total. The number of ether oxygens (including phenoxy) is 1. The molecule has 1 N–H and O–H groups in total. The lowest BCUT2D eigenvalue weighted by molar-refractivity contribution is -0.0268. The van der Waals surface area contributed by atoms with E-state index >= 15 is 0 Å². The zero-order chi connectivity index (χ0) is 15.4. The molecule has 0 aromatic heterocycles. The van der Waals surface area contributed by atoms with Gasteiger partial charge in [-0.15, -0.1) is 0 Å². The molecule has 0 saturated carbocycles. The summed E-state index contributed by atoms with van der Waals surface area (Å²) in [7, 11) is -1.18. The Labute approximate surface area is 127 Å². The van der Waals surface area contributed by atoms with E-state index < -0.39 is 16.8 Å². The van der Waals surface area contributed by atoms with Crippen molar-refractivity contribution in [3.63, 3.8) is 0 Å². The fourth-order valence-corrected chi connectivity index (χ4v) is 3.50. The molecular formula is C15H21NO4S. The van der Waals surface area contributed by atoms with E-state index in [1.54, 1.807) is 12.1 Å². The molecule has 1 aliphatic rings. The van der Waals surface area contributed by atoms with Gasteiger partial charge in [0.05, 0.1) is 34.8 Å². The number of carbonyl (C=O) groups is 1. The molecule has 0 spiro atoms. The molecule has 1 saturated heterocycles. The number of carboxylic acids is 1. The number of nitrogens with zero attached hydrogens (tertiary/aromatic N) is 1. The Bertz CT molecular complexity index is 515. The van der Waals surface area contributed by atoms with E-state index in [2.05, 4.69) is 18.7 Å². The number of rotatable bonds is 5. The van der Waals surface area contributed by atoms with Crippen molar-refractivity contribution in [2.75, 3.05) is 25.4 Å². The summed E-state index contributed by atoms with van der Waals surface area (Å²) in [5.74, 6) is -0.536. The molecule has 6 heteroatoms. The molecule has 2 rings (SSSR count). The summed E-state index contributed by atoms with van der Waals surface area (Å²) in [6.07, 6.45) is -0.0406. The first kappa shape index (κ1) is 16.1. The van der Waals surface area contributed by atoms with Crippen molar-refractivity contribution in [1.29, 1.82) is 0 Å². The molecule has 21 heavy (non-hydrogen) atoms. The van der Waals surface area contributed by atoms with Crippen LogP contribution in [0.3, 0.4) is 0 Å². The van der Waals surface area contributed by atoms with E-state index in [9.17, 15) is 9.00 Å². The van der Waals surface area contributed by atoms with Gasteiger partial charge in [0, 0.05) is 24.0 Å². The molecule has 1 aromatic carbocycles. The van der Waals surface area contributed by atoms with Crippen molar-refractivity contribution >= 4 is 16.8 Å². The van der Waals surface area contributed by atoms with Gasteiger partial charge in [0.15, 0.2) is 0 Å². The van der Waals surface area contributed by atoms with Gasteiger partial charge in [-0.3, -0.25) is 9.11 Å². The van der Waals surface area contributed by atoms with Crippen LogP contribution in [0.5, 0.6) is 0 Å². The van der Waals surface area contributed by atoms with E-state index in [-0.39, 0.29) is 11.7 Å². The summed E-state index contributed by atoms with van der Waals surface area (Å²) in [6, 6.07) is 6.65. The molecule has 0 bridgehead atoms. The molecule has 116 valence electrons. The lowest BCUT2D eigenvalue weighted by Gasteiger charge is -2.35. The average molecular weight is 311 g/mol. The second kappa shape index (κ2) is 7.15. The normalized spacial score (nSPS) is 21.4. The van der Waals surface area contributed by atoms with Crippen LogP contribution in [0.4, 0.5) is 0 Å². The Morgan fingerprint density at radius 3 is 2.67 bits per heavy atom. The molecule has 0 aliphatic carbocycles.